The van der Waals surface area contributed by atoms with Crippen molar-refractivity contribution in [1.82, 2.24) is 0 Å². The highest BCUT2D eigenvalue weighted by Crippen LogP contribution is 2.20. The first-order chi connectivity index (χ1) is 6.63. The minimum absolute atomic E-state index is 0. The Morgan fingerprint density at radius 1 is 1.40 bits per heavy atom. The van der Waals surface area contributed by atoms with E-state index in [1.807, 2.05) is 12.1 Å². The summed E-state index contributed by atoms with van der Waals surface area (Å²) in [5, 5.41) is 9.34. The van der Waals surface area contributed by atoms with Gasteiger partial charge in [-0.1, -0.05) is 23.7 Å². The second kappa shape index (κ2) is 6.67. The number of carboxylic acid groups (broad SMARTS) is 1. The molecular weight excluding hydrogens is 237 g/mol. The van der Waals surface area contributed by atoms with Gasteiger partial charge in [0.2, 0.25) is 0 Å². The molecule has 15 heavy (non-hydrogen) atoms. The van der Waals surface area contributed by atoms with Gasteiger partial charge in [0.15, 0.2) is 0 Å². The second-order valence-corrected chi connectivity index (χ2v) is 3.57. The minimum atomic E-state index is -0.798. The number of rotatable bonds is 4. The number of benzene rings is 1. The average Bonchev–Trinajstić information content (AvgIpc) is 2.15. The molecule has 0 radical (unpaired) electrons. The highest BCUT2D eigenvalue weighted by molar-refractivity contribution is 6.30. The van der Waals surface area contributed by atoms with Gasteiger partial charge in [-0.3, -0.25) is 4.79 Å². The molecule has 0 spiro atoms. The standard InChI is InChI=1S/C10H12ClNO2.ClH/c11-9-3-1-7(2-4-9)8(6-12)5-10(13)14;/h1-4,8H,5-6,12H2,(H,13,14);1H. The maximum Gasteiger partial charge on any atom is 0.304 e. The van der Waals surface area contributed by atoms with E-state index in [1.54, 1.807) is 12.1 Å². The Morgan fingerprint density at radius 3 is 2.33 bits per heavy atom. The SMILES string of the molecule is [Cl-].[NH3+]CC(CC(=O)O)c1ccc(Cl)cc1. The third kappa shape index (κ3) is 4.51. The molecule has 0 aromatic heterocycles. The van der Waals surface area contributed by atoms with Crippen molar-refractivity contribution in [2.45, 2.75) is 12.3 Å². The van der Waals surface area contributed by atoms with Crippen LogP contribution in [0, 0.1) is 0 Å². The lowest BCUT2D eigenvalue weighted by molar-refractivity contribution is -0.372. The number of halogens is 2. The van der Waals surface area contributed by atoms with Crippen molar-refractivity contribution in [1.29, 1.82) is 0 Å². The molecule has 4 N–H and O–H groups in total. The Bertz CT molecular complexity index is 314. The van der Waals surface area contributed by atoms with Gasteiger partial charge >= 0.3 is 5.97 Å². The molecule has 0 heterocycles. The van der Waals surface area contributed by atoms with E-state index in [1.165, 1.54) is 0 Å². The van der Waals surface area contributed by atoms with Crippen LogP contribution >= 0.6 is 11.6 Å². The molecule has 1 aromatic carbocycles. The van der Waals surface area contributed by atoms with Crippen LogP contribution in [0.4, 0.5) is 0 Å². The monoisotopic (exact) mass is 249 g/mol. The first-order valence-electron chi connectivity index (χ1n) is 4.40. The van der Waals surface area contributed by atoms with Crippen molar-refractivity contribution in [3.8, 4) is 0 Å². The maximum absolute atomic E-state index is 10.6. The van der Waals surface area contributed by atoms with Crippen molar-refractivity contribution < 1.29 is 28.0 Å². The average molecular weight is 250 g/mol. The first kappa shape index (κ1) is 14.2. The zero-order chi connectivity index (χ0) is 10.6. The third-order valence-electron chi connectivity index (χ3n) is 2.11. The minimum Gasteiger partial charge on any atom is -1.00 e. The summed E-state index contributed by atoms with van der Waals surface area (Å²) in [6, 6.07) is 7.23. The van der Waals surface area contributed by atoms with E-state index in [0.717, 1.165) is 5.56 Å². The van der Waals surface area contributed by atoms with E-state index in [2.05, 4.69) is 5.73 Å². The van der Waals surface area contributed by atoms with E-state index in [9.17, 15) is 4.79 Å². The lowest BCUT2D eigenvalue weighted by Crippen LogP contribution is -3.00. The van der Waals surface area contributed by atoms with Crippen molar-refractivity contribution in [2.75, 3.05) is 6.54 Å². The number of aliphatic carboxylic acids is 1. The Morgan fingerprint density at radius 2 is 1.93 bits per heavy atom. The second-order valence-electron chi connectivity index (χ2n) is 3.14. The van der Waals surface area contributed by atoms with E-state index in [4.69, 9.17) is 16.7 Å². The van der Waals surface area contributed by atoms with Crippen molar-refractivity contribution in [3.05, 3.63) is 34.9 Å². The predicted molar refractivity (Wildman–Crippen MR) is 54.2 cm³/mol. The van der Waals surface area contributed by atoms with Crippen LogP contribution < -0.4 is 18.1 Å². The summed E-state index contributed by atoms with van der Waals surface area (Å²) in [4.78, 5) is 10.6. The normalized spacial score (nSPS) is 11.6. The van der Waals surface area contributed by atoms with E-state index in [-0.39, 0.29) is 24.7 Å². The number of hydrogen-bond donors (Lipinski definition) is 2. The molecule has 0 saturated carbocycles. The van der Waals surface area contributed by atoms with Gasteiger partial charge < -0.3 is 23.2 Å². The zero-order valence-corrected chi connectivity index (χ0v) is 9.63. The van der Waals surface area contributed by atoms with Crippen LogP contribution in [-0.2, 0) is 4.79 Å². The van der Waals surface area contributed by atoms with Gasteiger partial charge in [0.05, 0.1) is 13.0 Å². The fourth-order valence-electron chi connectivity index (χ4n) is 1.33. The van der Waals surface area contributed by atoms with Crippen LogP contribution in [0.2, 0.25) is 5.02 Å². The molecule has 0 aliphatic heterocycles. The quantitative estimate of drug-likeness (QED) is 0.658. The Labute approximate surface area is 99.6 Å². The summed E-state index contributed by atoms with van der Waals surface area (Å²) in [5.74, 6) is -0.821. The number of hydrogen-bond acceptors (Lipinski definition) is 1. The van der Waals surface area contributed by atoms with Crippen LogP contribution in [0.3, 0.4) is 0 Å². The van der Waals surface area contributed by atoms with Gasteiger partial charge in [-0.15, -0.1) is 0 Å². The smallest absolute Gasteiger partial charge is 0.304 e. The third-order valence-corrected chi connectivity index (χ3v) is 2.36. The van der Waals surface area contributed by atoms with Crippen LogP contribution in [0.15, 0.2) is 24.3 Å². The molecule has 0 aliphatic carbocycles. The maximum atomic E-state index is 10.6. The van der Waals surface area contributed by atoms with E-state index >= 15 is 0 Å². The number of quaternary nitrogens is 1. The van der Waals surface area contributed by atoms with Gasteiger partial charge in [0, 0.05) is 10.9 Å². The van der Waals surface area contributed by atoms with Crippen LogP contribution in [0.1, 0.15) is 17.9 Å². The molecule has 3 nitrogen and oxygen atoms in total. The van der Waals surface area contributed by atoms with Crippen molar-refractivity contribution >= 4 is 17.6 Å². The fourth-order valence-corrected chi connectivity index (χ4v) is 1.46. The molecular formula is C10H13Cl2NO2. The van der Waals surface area contributed by atoms with Crippen LogP contribution in [-0.4, -0.2) is 17.6 Å². The molecule has 1 unspecified atom stereocenters. The van der Waals surface area contributed by atoms with Crippen molar-refractivity contribution in [2.24, 2.45) is 0 Å². The lowest BCUT2D eigenvalue weighted by Gasteiger charge is -2.10. The fraction of sp³-hybridized carbons (Fsp3) is 0.300. The van der Waals surface area contributed by atoms with Crippen LogP contribution in [0.5, 0.6) is 0 Å². The van der Waals surface area contributed by atoms with Gasteiger partial charge in [-0.05, 0) is 17.7 Å². The Kier molecular flexibility index (Phi) is 6.32. The molecule has 0 fully saturated rings. The van der Waals surface area contributed by atoms with Gasteiger partial charge in [-0.2, -0.15) is 0 Å². The van der Waals surface area contributed by atoms with E-state index in [0.29, 0.717) is 11.6 Å². The summed E-state index contributed by atoms with van der Waals surface area (Å²) in [7, 11) is 0. The number of carbonyl (C=O) groups is 1. The first-order valence-corrected chi connectivity index (χ1v) is 4.77. The van der Waals surface area contributed by atoms with Crippen LogP contribution in [0.25, 0.3) is 0 Å². The molecule has 0 saturated heterocycles. The topological polar surface area (TPSA) is 64.9 Å². The Hall–Kier alpha value is -0.770. The largest absolute Gasteiger partial charge is 1.00 e. The van der Waals surface area contributed by atoms with Gasteiger partial charge in [-0.25, -0.2) is 0 Å². The lowest BCUT2D eigenvalue weighted by atomic mass is 9.96. The molecule has 1 atom stereocenters. The summed E-state index contributed by atoms with van der Waals surface area (Å²) >= 11 is 5.73. The summed E-state index contributed by atoms with van der Waals surface area (Å²) in [6.07, 6.45) is 0.116. The predicted octanol–water partition coefficient (Wildman–Crippen LogP) is -1.86. The van der Waals surface area contributed by atoms with E-state index < -0.39 is 5.97 Å². The van der Waals surface area contributed by atoms with Gasteiger partial charge in [0.25, 0.3) is 0 Å². The summed E-state index contributed by atoms with van der Waals surface area (Å²) in [5.41, 5.74) is 4.72. The summed E-state index contributed by atoms with van der Waals surface area (Å²) < 4.78 is 0. The molecule has 1 rings (SSSR count). The molecule has 5 heteroatoms. The summed E-state index contributed by atoms with van der Waals surface area (Å²) in [6.45, 7) is 0.577. The molecule has 1 aromatic rings. The van der Waals surface area contributed by atoms with Crippen molar-refractivity contribution in [3.63, 3.8) is 0 Å². The Balaban J connectivity index is 0.00000196. The van der Waals surface area contributed by atoms with Gasteiger partial charge in [0.1, 0.15) is 0 Å². The highest BCUT2D eigenvalue weighted by atomic mass is 35.5. The molecule has 0 bridgehead atoms. The molecule has 0 aliphatic rings. The highest BCUT2D eigenvalue weighted by Gasteiger charge is 2.15. The molecule has 0 amide bonds. The zero-order valence-electron chi connectivity index (χ0n) is 8.12. The molecule has 84 valence electrons. The number of carboxylic acids is 1.